The molecule has 0 aliphatic carbocycles. The van der Waals surface area contributed by atoms with E-state index in [2.05, 4.69) is 14.2 Å². The zero-order valence-corrected chi connectivity index (χ0v) is 27.9. The van der Waals surface area contributed by atoms with Crippen molar-refractivity contribution >= 4 is 52.7 Å². The minimum absolute atomic E-state index is 0.353. The Kier molecular flexibility index (Phi) is 13.5. The van der Waals surface area contributed by atoms with E-state index in [0.29, 0.717) is 0 Å². The molecule has 21 heteroatoms. The maximum Gasteiger partial charge on any atom is 0.344 e. The van der Waals surface area contributed by atoms with E-state index < -0.39 is 104 Å². The predicted octanol–water partition coefficient (Wildman–Crippen LogP) is 11.5. The maximum atomic E-state index is 13.1. The Morgan fingerprint density at radius 2 is 0.556 bits per heavy atom. The number of hydrogen-bond acceptors (Lipinski definition) is 9. The molecule has 0 bridgehead atoms. The third-order valence-electron chi connectivity index (χ3n) is 6.12. The van der Waals surface area contributed by atoms with Crippen LogP contribution in [0.3, 0.4) is 0 Å². The van der Waals surface area contributed by atoms with Gasteiger partial charge in [-0.1, -0.05) is 34.8 Å². The van der Waals surface area contributed by atoms with Crippen molar-refractivity contribution < 1.29 is 82.3 Å². The highest BCUT2D eigenvalue weighted by atomic mass is 35.5. The van der Waals surface area contributed by atoms with Gasteiger partial charge in [0.25, 0.3) is 0 Å². The third-order valence-corrected chi connectivity index (χ3v) is 7.15. The fourth-order valence-corrected chi connectivity index (χ4v) is 4.67. The molecule has 0 amide bonds. The van der Waals surface area contributed by atoms with E-state index in [4.69, 9.17) is 49.0 Å². The van der Waals surface area contributed by atoms with E-state index in [9.17, 15) is 53.9 Å². The molecule has 0 aliphatic heterocycles. The van der Waals surface area contributed by atoms with Crippen LogP contribution in [0.1, 0.15) is 31.1 Å². The average molecular weight is 830 g/mol. The summed E-state index contributed by atoms with van der Waals surface area (Å²) >= 11 is 19.1. The molecular weight excluding hydrogens is 818 g/mol. The molecule has 0 aromatic heterocycles. The molecular formula is C33H12Cl3F9O9. The molecule has 54 heavy (non-hydrogen) atoms. The summed E-state index contributed by atoms with van der Waals surface area (Å²) in [5.74, 6) is -7.84. The number of rotatable bonds is 12. The first-order valence-electron chi connectivity index (χ1n) is 13.8. The van der Waals surface area contributed by atoms with Crippen molar-refractivity contribution in [3.63, 3.8) is 0 Å². The summed E-state index contributed by atoms with van der Waals surface area (Å²) in [5.41, 5.74) is -1.06. The molecule has 0 saturated heterocycles. The Morgan fingerprint density at radius 1 is 0.352 bits per heavy atom. The summed E-state index contributed by atoms with van der Waals surface area (Å²) in [6, 6.07) is 4.39. The Balaban J connectivity index is 1.70. The normalized spacial score (nSPS) is 10.4. The molecule has 0 atom stereocenters. The quantitative estimate of drug-likeness (QED) is 0.0597. The highest BCUT2D eigenvalue weighted by Crippen LogP contribution is 2.52. The van der Waals surface area contributed by atoms with Crippen molar-refractivity contribution in [1.82, 2.24) is 0 Å². The predicted molar refractivity (Wildman–Crippen MR) is 169 cm³/mol. The summed E-state index contributed by atoms with van der Waals surface area (Å²) in [6.07, 6.45) is -8.27. The lowest BCUT2D eigenvalue weighted by molar-refractivity contribution is 0.0730. The molecule has 4 aromatic rings. The van der Waals surface area contributed by atoms with Crippen molar-refractivity contribution in [1.29, 1.82) is 0 Å². The van der Waals surface area contributed by atoms with Gasteiger partial charge in [0.15, 0.2) is 17.2 Å². The summed E-state index contributed by atoms with van der Waals surface area (Å²) in [4.78, 5) is 39.1. The first-order valence-corrected chi connectivity index (χ1v) is 14.9. The molecule has 9 nitrogen and oxygen atoms in total. The lowest BCUT2D eigenvalue weighted by Gasteiger charge is -2.18. The van der Waals surface area contributed by atoms with Gasteiger partial charge in [0.1, 0.15) is 32.3 Å². The van der Waals surface area contributed by atoms with Crippen LogP contribution < -0.4 is 28.4 Å². The smallest absolute Gasteiger partial charge is 0.344 e. The molecule has 0 unspecified atom stereocenters. The van der Waals surface area contributed by atoms with E-state index in [-0.39, 0.29) is 16.7 Å². The highest BCUT2D eigenvalue weighted by Gasteiger charge is 2.30. The van der Waals surface area contributed by atoms with Crippen molar-refractivity contribution in [2.45, 2.75) is 0 Å². The van der Waals surface area contributed by atoms with Crippen LogP contribution in [0.5, 0.6) is 34.5 Å². The van der Waals surface area contributed by atoms with Crippen LogP contribution in [0.25, 0.3) is 0 Å². The minimum atomic E-state index is -2.76. The Bertz CT molecular complexity index is 1920. The zero-order valence-electron chi connectivity index (χ0n) is 25.6. The number of halogens is 12. The van der Waals surface area contributed by atoms with Gasteiger partial charge >= 0.3 is 54.2 Å². The highest BCUT2D eigenvalue weighted by molar-refractivity contribution is 6.44. The molecule has 0 N–H and O–H groups in total. The second-order valence-corrected chi connectivity index (χ2v) is 10.7. The van der Waals surface area contributed by atoms with Gasteiger partial charge in [-0.15, -0.1) is 0 Å². The molecule has 0 aliphatic rings. The second kappa shape index (κ2) is 17.8. The number of benzene rings is 4. The van der Waals surface area contributed by atoms with Crippen molar-refractivity contribution in [2.75, 3.05) is 0 Å². The number of ether oxygens (including phenoxy) is 6. The Hall–Kier alpha value is -5.85. The van der Waals surface area contributed by atoms with Gasteiger partial charge in [-0.3, -0.25) is 0 Å². The van der Waals surface area contributed by atoms with Crippen LogP contribution >= 0.6 is 34.8 Å². The Morgan fingerprint density at radius 3 is 0.741 bits per heavy atom. The van der Waals surface area contributed by atoms with Crippen LogP contribution in [-0.4, -0.2) is 17.9 Å². The molecule has 0 spiro atoms. The summed E-state index contributed by atoms with van der Waals surface area (Å²) in [6.45, 7) is 0. The van der Waals surface area contributed by atoms with Crippen LogP contribution in [-0.2, 0) is 0 Å². The first-order chi connectivity index (χ1) is 25.5. The molecule has 4 aromatic carbocycles. The van der Waals surface area contributed by atoms with Crippen molar-refractivity contribution in [3.8, 4) is 34.5 Å². The minimum Gasteiger partial charge on any atom is -0.428 e. The SMILES string of the molecule is O=C(Oc1c(Cl)c(OC(=O)c2ccc(OC(F)=C(F)F)cc2)c(Cl)c(OC(=O)c2ccc(OC(F)=C(F)F)cc2)c1Cl)c1ccc(OC(F)=C(F)F)cc1. The summed E-state index contributed by atoms with van der Waals surface area (Å²) in [5, 5.41) is -2.38. The second-order valence-electron chi connectivity index (χ2n) is 9.58. The molecule has 282 valence electrons. The van der Waals surface area contributed by atoms with Crippen LogP contribution in [0, 0.1) is 0 Å². The van der Waals surface area contributed by atoms with Crippen molar-refractivity contribution in [2.24, 2.45) is 0 Å². The van der Waals surface area contributed by atoms with Gasteiger partial charge in [-0.25, -0.2) is 14.4 Å². The lowest BCUT2D eigenvalue weighted by atomic mass is 10.2. The van der Waals surface area contributed by atoms with Gasteiger partial charge in [0, 0.05) is 0 Å². The largest absolute Gasteiger partial charge is 0.428 e. The lowest BCUT2D eigenvalue weighted by Crippen LogP contribution is -2.14. The first kappa shape index (κ1) is 40.9. The van der Waals surface area contributed by atoms with Gasteiger partial charge < -0.3 is 28.4 Å². The summed E-state index contributed by atoms with van der Waals surface area (Å²) in [7, 11) is 0. The Labute approximate surface area is 309 Å². The van der Waals surface area contributed by atoms with Gasteiger partial charge in [-0.2, -0.15) is 39.5 Å². The number of carbonyl (C=O) groups excluding carboxylic acids is 3. The maximum absolute atomic E-state index is 13.1. The fourth-order valence-electron chi connectivity index (χ4n) is 3.73. The summed E-state index contributed by atoms with van der Waals surface area (Å²) < 4.78 is 142. The number of esters is 3. The van der Waals surface area contributed by atoms with E-state index >= 15 is 0 Å². The molecule has 0 fully saturated rings. The van der Waals surface area contributed by atoms with Crippen molar-refractivity contribution in [3.05, 3.63) is 141 Å². The third kappa shape index (κ3) is 10.2. The van der Waals surface area contributed by atoms with E-state index in [0.717, 1.165) is 72.8 Å². The van der Waals surface area contributed by atoms with Crippen LogP contribution in [0.15, 0.2) is 109 Å². The molecule has 0 radical (unpaired) electrons. The number of hydrogen-bond donors (Lipinski definition) is 0. The van der Waals surface area contributed by atoms with Gasteiger partial charge in [0.05, 0.1) is 16.7 Å². The molecule has 0 heterocycles. The topological polar surface area (TPSA) is 107 Å². The monoisotopic (exact) mass is 828 g/mol. The number of carbonyl (C=O) groups is 3. The van der Waals surface area contributed by atoms with E-state index in [1.165, 1.54) is 0 Å². The average Bonchev–Trinajstić information content (AvgIpc) is 3.14. The molecule has 4 rings (SSSR count). The van der Waals surface area contributed by atoms with Gasteiger partial charge in [0.2, 0.25) is 0 Å². The fraction of sp³-hybridized carbons (Fsp3) is 0. The van der Waals surface area contributed by atoms with Crippen LogP contribution in [0.2, 0.25) is 15.1 Å². The van der Waals surface area contributed by atoms with Gasteiger partial charge in [-0.05, 0) is 72.8 Å². The standard InChI is InChI=1S/C33H12Cl3F9O9/c34-19-22(52-31(46)13-1-7-16(8-2-13)49-28(43)25(37)38)20(35)24(54-33(48)15-5-11-18(12-6-15)51-30(45)27(41)42)21(36)23(19)53-32(47)14-3-9-17(10-4-14)50-29(44)26(39)40/h1-12H. The van der Waals surface area contributed by atoms with E-state index in [1.54, 1.807) is 0 Å². The zero-order chi connectivity index (χ0) is 39.9. The van der Waals surface area contributed by atoms with E-state index in [1.807, 2.05) is 0 Å². The van der Waals surface area contributed by atoms with Crippen LogP contribution in [0.4, 0.5) is 39.5 Å². The molecule has 0 saturated carbocycles.